The molecule has 2 aliphatic rings. The van der Waals surface area contributed by atoms with E-state index >= 15 is 0 Å². The molecule has 0 aliphatic carbocycles. The second-order valence-corrected chi connectivity index (χ2v) is 7.77. The van der Waals surface area contributed by atoms with E-state index in [4.69, 9.17) is 4.74 Å². The van der Waals surface area contributed by atoms with E-state index in [1.54, 1.807) is 0 Å². The number of rotatable bonds is 7. The Morgan fingerprint density at radius 2 is 1.75 bits per heavy atom. The average molecular weight is 380 g/mol. The Labute approximate surface area is 167 Å². The molecule has 1 amide bonds. The summed E-state index contributed by atoms with van der Waals surface area (Å²) in [6, 6.07) is 17.8. The van der Waals surface area contributed by atoms with Crippen LogP contribution in [-0.2, 0) is 4.79 Å². The highest BCUT2D eigenvalue weighted by Crippen LogP contribution is 2.24. The Bertz CT molecular complexity index is 774. The third kappa shape index (κ3) is 5.12. The van der Waals surface area contributed by atoms with E-state index in [-0.39, 0.29) is 5.91 Å². The molecule has 1 atom stereocenters. The SMILES string of the molecule is O=C(CN1CCCC1CN1CCCC1)Nc1cccc(Oc2ccccc2)c1. The fourth-order valence-electron chi connectivity index (χ4n) is 4.22. The molecule has 148 valence electrons. The second-order valence-electron chi connectivity index (χ2n) is 7.77. The molecule has 2 aromatic rings. The topological polar surface area (TPSA) is 44.8 Å². The number of nitrogens with zero attached hydrogens (tertiary/aromatic N) is 2. The van der Waals surface area contributed by atoms with Crippen molar-refractivity contribution in [1.82, 2.24) is 9.80 Å². The van der Waals surface area contributed by atoms with Gasteiger partial charge in [-0.1, -0.05) is 24.3 Å². The van der Waals surface area contributed by atoms with E-state index in [0.29, 0.717) is 12.6 Å². The second kappa shape index (κ2) is 9.22. The highest BCUT2D eigenvalue weighted by Gasteiger charge is 2.28. The third-order valence-electron chi connectivity index (χ3n) is 5.61. The number of nitrogens with one attached hydrogen (secondary N) is 1. The van der Waals surface area contributed by atoms with E-state index in [1.165, 1.54) is 38.8 Å². The lowest BCUT2D eigenvalue weighted by Gasteiger charge is -2.27. The molecule has 5 nitrogen and oxygen atoms in total. The maximum atomic E-state index is 12.6. The van der Waals surface area contributed by atoms with Gasteiger partial charge >= 0.3 is 0 Å². The van der Waals surface area contributed by atoms with E-state index in [2.05, 4.69) is 15.1 Å². The summed E-state index contributed by atoms with van der Waals surface area (Å²) < 4.78 is 5.86. The highest BCUT2D eigenvalue weighted by atomic mass is 16.5. The minimum atomic E-state index is 0.0465. The van der Waals surface area contributed by atoms with Crippen molar-refractivity contribution in [3.8, 4) is 11.5 Å². The number of carbonyl (C=O) groups excluding carboxylic acids is 1. The number of hydrogen-bond acceptors (Lipinski definition) is 4. The van der Waals surface area contributed by atoms with Gasteiger partial charge in [-0.15, -0.1) is 0 Å². The van der Waals surface area contributed by atoms with Crippen LogP contribution >= 0.6 is 0 Å². The van der Waals surface area contributed by atoms with Crippen molar-refractivity contribution < 1.29 is 9.53 Å². The zero-order valence-corrected chi connectivity index (χ0v) is 16.3. The molecule has 4 rings (SSSR count). The number of benzene rings is 2. The van der Waals surface area contributed by atoms with Crippen LogP contribution in [0.5, 0.6) is 11.5 Å². The molecular weight excluding hydrogens is 350 g/mol. The van der Waals surface area contributed by atoms with Crippen LogP contribution in [0, 0.1) is 0 Å². The number of carbonyl (C=O) groups is 1. The minimum Gasteiger partial charge on any atom is -0.457 e. The lowest BCUT2D eigenvalue weighted by Crippen LogP contribution is -2.42. The van der Waals surface area contributed by atoms with Crippen LogP contribution in [0.4, 0.5) is 5.69 Å². The van der Waals surface area contributed by atoms with Gasteiger partial charge in [0.2, 0.25) is 5.91 Å². The first-order valence-electron chi connectivity index (χ1n) is 10.4. The van der Waals surface area contributed by atoms with Gasteiger partial charge in [-0.25, -0.2) is 0 Å². The summed E-state index contributed by atoms with van der Waals surface area (Å²) in [6.45, 7) is 5.01. The van der Waals surface area contributed by atoms with Gasteiger partial charge in [0, 0.05) is 24.3 Å². The molecule has 2 aromatic carbocycles. The monoisotopic (exact) mass is 379 g/mol. The smallest absolute Gasteiger partial charge is 0.238 e. The van der Waals surface area contributed by atoms with E-state index in [1.807, 2.05) is 54.6 Å². The molecule has 2 saturated heterocycles. The van der Waals surface area contributed by atoms with E-state index in [0.717, 1.165) is 30.3 Å². The van der Waals surface area contributed by atoms with E-state index in [9.17, 15) is 4.79 Å². The van der Waals surface area contributed by atoms with Crippen LogP contribution < -0.4 is 10.1 Å². The first-order chi connectivity index (χ1) is 13.8. The van der Waals surface area contributed by atoms with Crippen molar-refractivity contribution in [2.24, 2.45) is 0 Å². The minimum absolute atomic E-state index is 0.0465. The summed E-state index contributed by atoms with van der Waals surface area (Å²) in [4.78, 5) is 17.5. The molecule has 2 fully saturated rings. The lowest BCUT2D eigenvalue weighted by molar-refractivity contribution is -0.117. The Morgan fingerprint density at radius 3 is 2.57 bits per heavy atom. The molecule has 0 aromatic heterocycles. The van der Waals surface area contributed by atoms with Gasteiger partial charge in [0.25, 0.3) is 0 Å². The maximum absolute atomic E-state index is 12.6. The number of para-hydroxylation sites is 1. The lowest BCUT2D eigenvalue weighted by atomic mass is 10.2. The molecule has 1 unspecified atom stereocenters. The van der Waals surface area contributed by atoms with Crippen LogP contribution in [0.15, 0.2) is 54.6 Å². The summed E-state index contributed by atoms with van der Waals surface area (Å²) in [6.07, 6.45) is 5.01. The van der Waals surface area contributed by atoms with Crippen LogP contribution in [0.2, 0.25) is 0 Å². The van der Waals surface area contributed by atoms with Gasteiger partial charge in [-0.2, -0.15) is 0 Å². The number of likely N-dealkylation sites (tertiary alicyclic amines) is 2. The van der Waals surface area contributed by atoms with Crippen LogP contribution in [0.3, 0.4) is 0 Å². The zero-order chi connectivity index (χ0) is 19.2. The first-order valence-corrected chi connectivity index (χ1v) is 10.4. The molecule has 0 bridgehead atoms. The Kier molecular flexibility index (Phi) is 6.24. The highest BCUT2D eigenvalue weighted by molar-refractivity contribution is 5.92. The predicted octanol–water partition coefficient (Wildman–Crippen LogP) is 3.98. The molecule has 1 N–H and O–H groups in total. The summed E-state index contributed by atoms with van der Waals surface area (Å²) >= 11 is 0. The normalized spacial score (nSPS) is 20.4. The van der Waals surface area contributed by atoms with Gasteiger partial charge in [0.1, 0.15) is 11.5 Å². The molecule has 0 saturated carbocycles. The van der Waals surface area contributed by atoms with Crippen molar-refractivity contribution in [1.29, 1.82) is 0 Å². The molecule has 5 heteroatoms. The number of amides is 1. The predicted molar refractivity (Wildman–Crippen MR) is 112 cm³/mol. The van der Waals surface area contributed by atoms with Gasteiger partial charge in [-0.05, 0) is 69.6 Å². The fraction of sp³-hybridized carbons (Fsp3) is 0.435. The van der Waals surface area contributed by atoms with Gasteiger partial charge in [0.15, 0.2) is 0 Å². The van der Waals surface area contributed by atoms with Gasteiger partial charge in [0.05, 0.1) is 6.54 Å². The van der Waals surface area contributed by atoms with Crippen molar-refractivity contribution in [2.75, 3.05) is 38.0 Å². The molecule has 2 aliphatic heterocycles. The Hall–Kier alpha value is -2.37. The van der Waals surface area contributed by atoms with Crippen molar-refractivity contribution in [2.45, 2.75) is 31.7 Å². The molecule has 0 radical (unpaired) electrons. The average Bonchev–Trinajstić information content (AvgIpc) is 3.36. The number of hydrogen-bond donors (Lipinski definition) is 1. The Morgan fingerprint density at radius 1 is 0.964 bits per heavy atom. The van der Waals surface area contributed by atoms with Gasteiger partial charge in [-0.3, -0.25) is 9.69 Å². The Balaban J connectivity index is 1.31. The molecule has 2 heterocycles. The summed E-state index contributed by atoms with van der Waals surface area (Å²) in [7, 11) is 0. The van der Waals surface area contributed by atoms with Crippen molar-refractivity contribution >= 4 is 11.6 Å². The number of anilines is 1. The van der Waals surface area contributed by atoms with Crippen LogP contribution in [0.1, 0.15) is 25.7 Å². The molecule has 0 spiro atoms. The van der Waals surface area contributed by atoms with Crippen molar-refractivity contribution in [3.63, 3.8) is 0 Å². The third-order valence-corrected chi connectivity index (χ3v) is 5.61. The van der Waals surface area contributed by atoms with E-state index < -0.39 is 0 Å². The zero-order valence-electron chi connectivity index (χ0n) is 16.3. The molecular formula is C23H29N3O2. The van der Waals surface area contributed by atoms with Crippen LogP contribution in [-0.4, -0.2) is 54.5 Å². The van der Waals surface area contributed by atoms with Crippen molar-refractivity contribution in [3.05, 3.63) is 54.6 Å². The standard InChI is InChI=1S/C23H29N3O2/c27-23(18-26-15-7-9-20(26)17-25-13-4-5-14-25)24-19-8-6-12-22(16-19)28-21-10-2-1-3-11-21/h1-3,6,8,10-12,16,20H,4-5,7,9,13-15,17-18H2,(H,24,27). The largest absolute Gasteiger partial charge is 0.457 e. The quantitative estimate of drug-likeness (QED) is 0.790. The van der Waals surface area contributed by atoms with Gasteiger partial charge < -0.3 is 15.0 Å². The summed E-state index contributed by atoms with van der Waals surface area (Å²) in [5, 5.41) is 3.03. The summed E-state index contributed by atoms with van der Waals surface area (Å²) in [5.74, 6) is 1.55. The van der Waals surface area contributed by atoms with Crippen LogP contribution in [0.25, 0.3) is 0 Å². The first kappa shape index (κ1) is 19.0. The fourth-order valence-corrected chi connectivity index (χ4v) is 4.22. The molecule has 28 heavy (non-hydrogen) atoms. The maximum Gasteiger partial charge on any atom is 0.238 e. The number of ether oxygens (including phenoxy) is 1. The summed E-state index contributed by atoms with van der Waals surface area (Å²) in [5.41, 5.74) is 0.772.